The molecule has 3 rings (SSSR count). The smallest absolute Gasteiger partial charge is 0.234 e. The van der Waals surface area contributed by atoms with E-state index in [0.29, 0.717) is 13.2 Å². The summed E-state index contributed by atoms with van der Waals surface area (Å²) in [6.45, 7) is 3.90. The number of ether oxygens (including phenoxy) is 1. The van der Waals surface area contributed by atoms with E-state index in [9.17, 15) is 4.79 Å². The Morgan fingerprint density at radius 3 is 3.17 bits per heavy atom. The second-order valence-electron chi connectivity index (χ2n) is 4.73. The van der Waals surface area contributed by atoms with Gasteiger partial charge >= 0.3 is 0 Å². The van der Waals surface area contributed by atoms with E-state index in [1.54, 1.807) is 11.1 Å². The Morgan fingerprint density at radius 1 is 1.56 bits per heavy atom. The fraction of sp³-hybridized carbons (Fsp3) is 0.538. The molecule has 1 amide bonds. The zero-order chi connectivity index (χ0) is 12.7. The third-order valence-electron chi connectivity index (χ3n) is 3.77. The second-order valence-corrected chi connectivity index (χ2v) is 5.64. The number of halogens is 1. The minimum atomic E-state index is -0.0395. The maximum atomic E-state index is 12.4. The third-order valence-corrected chi connectivity index (χ3v) is 4.21. The molecule has 0 saturated carbocycles. The quantitative estimate of drug-likeness (QED) is 0.799. The molecular formula is C13H15BrN2O2. The molecular weight excluding hydrogens is 296 g/mol. The lowest BCUT2D eigenvalue weighted by Gasteiger charge is -2.40. The predicted molar refractivity (Wildman–Crippen MR) is 71.6 cm³/mol. The first-order valence-corrected chi connectivity index (χ1v) is 7.06. The number of aromatic nitrogens is 1. The van der Waals surface area contributed by atoms with Crippen molar-refractivity contribution in [3.63, 3.8) is 0 Å². The molecule has 96 valence electrons. The number of carbonyl (C=O) groups is 1. The number of fused-ring (bicyclic) bond motifs is 3. The van der Waals surface area contributed by atoms with Crippen molar-refractivity contribution in [2.75, 3.05) is 24.7 Å². The van der Waals surface area contributed by atoms with E-state index in [2.05, 4.69) is 27.0 Å². The van der Waals surface area contributed by atoms with E-state index in [-0.39, 0.29) is 17.7 Å². The molecule has 2 atom stereocenters. The Kier molecular flexibility index (Phi) is 3.11. The summed E-state index contributed by atoms with van der Waals surface area (Å²) in [6, 6.07) is 2.10. The SMILES string of the molecule is CCN1C(=O)C2COCC[C@@H]2c2cc(Br)cnc21. The van der Waals surface area contributed by atoms with Gasteiger partial charge in [-0.05, 0) is 35.3 Å². The summed E-state index contributed by atoms with van der Waals surface area (Å²) in [6.07, 6.45) is 2.66. The Labute approximate surface area is 114 Å². The van der Waals surface area contributed by atoms with Crippen LogP contribution >= 0.6 is 15.9 Å². The van der Waals surface area contributed by atoms with Crippen molar-refractivity contribution in [1.82, 2.24) is 4.98 Å². The first-order valence-electron chi connectivity index (χ1n) is 6.27. The molecule has 0 aromatic carbocycles. The average Bonchev–Trinajstić information content (AvgIpc) is 2.40. The number of nitrogens with zero attached hydrogens (tertiary/aromatic N) is 2. The summed E-state index contributed by atoms with van der Waals surface area (Å²) in [4.78, 5) is 18.6. The van der Waals surface area contributed by atoms with Gasteiger partial charge in [0.2, 0.25) is 5.91 Å². The van der Waals surface area contributed by atoms with E-state index >= 15 is 0 Å². The van der Waals surface area contributed by atoms with Crippen LogP contribution in [0.15, 0.2) is 16.7 Å². The van der Waals surface area contributed by atoms with Crippen molar-refractivity contribution in [1.29, 1.82) is 0 Å². The lowest BCUT2D eigenvalue weighted by atomic mass is 9.79. The molecule has 0 bridgehead atoms. The van der Waals surface area contributed by atoms with Gasteiger partial charge in [-0.2, -0.15) is 0 Å². The topological polar surface area (TPSA) is 42.4 Å². The summed E-state index contributed by atoms with van der Waals surface area (Å²) in [7, 11) is 0. The van der Waals surface area contributed by atoms with Gasteiger partial charge in [0.05, 0.1) is 12.5 Å². The molecule has 18 heavy (non-hydrogen) atoms. The van der Waals surface area contributed by atoms with Gasteiger partial charge in [0.15, 0.2) is 0 Å². The van der Waals surface area contributed by atoms with E-state index in [4.69, 9.17) is 4.74 Å². The van der Waals surface area contributed by atoms with Gasteiger partial charge in [-0.25, -0.2) is 4.98 Å². The van der Waals surface area contributed by atoms with Crippen LogP contribution in [0.2, 0.25) is 0 Å². The largest absolute Gasteiger partial charge is 0.381 e. The van der Waals surface area contributed by atoms with Crippen molar-refractivity contribution in [3.05, 3.63) is 22.3 Å². The van der Waals surface area contributed by atoms with Crippen LogP contribution in [0.25, 0.3) is 0 Å². The molecule has 1 aromatic heterocycles. The average molecular weight is 311 g/mol. The van der Waals surface area contributed by atoms with Crippen molar-refractivity contribution in [2.24, 2.45) is 5.92 Å². The molecule has 0 radical (unpaired) electrons. The van der Waals surface area contributed by atoms with E-state index in [1.807, 2.05) is 6.92 Å². The van der Waals surface area contributed by atoms with Crippen LogP contribution in [0.5, 0.6) is 0 Å². The molecule has 5 heteroatoms. The van der Waals surface area contributed by atoms with E-state index in [1.165, 1.54) is 5.56 Å². The van der Waals surface area contributed by atoms with Gasteiger partial charge in [0.25, 0.3) is 0 Å². The van der Waals surface area contributed by atoms with Crippen LogP contribution in [0, 0.1) is 5.92 Å². The van der Waals surface area contributed by atoms with Gasteiger partial charge in [0.1, 0.15) is 5.82 Å². The molecule has 1 unspecified atom stereocenters. The molecule has 1 aromatic rings. The minimum Gasteiger partial charge on any atom is -0.381 e. The number of amides is 1. The highest BCUT2D eigenvalue weighted by Crippen LogP contribution is 2.42. The highest BCUT2D eigenvalue weighted by Gasteiger charge is 2.42. The van der Waals surface area contributed by atoms with Crippen LogP contribution < -0.4 is 4.90 Å². The number of rotatable bonds is 1. The number of anilines is 1. The van der Waals surface area contributed by atoms with Crippen LogP contribution in [0.1, 0.15) is 24.8 Å². The maximum absolute atomic E-state index is 12.4. The van der Waals surface area contributed by atoms with Crippen LogP contribution in [0.3, 0.4) is 0 Å². The lowest BCUT2D eigenvalue weighted by Crippen LogP contribution is -2.47. The van der Waals surface area contributed by atoms with Gasteiger partial charge in [-0.3, -0.25) is 9.69 Å². The molecule has 3 heterocycles. The number of pyridine rings is 1. The number of hydrogen-bond donors (Lipinski definition) is 0. The third kappa shape index (κ3) is 1.77. The van der Waals surface area contributed by atoms with Crippen LogP contribution in [0.4, 0.5) is 5.82 Å². The first-order chi connectivity index (χ1) is 8.72. The van der Waals surface area contributed by atoms with Crippen LogP contribution in [-0.4, -0.2) is 30.6 Å². The molecule has 2 aliphatic heterocycles. The molecule has 0 aliphatic carbocycles. The first kappa shape index (κ1) is 12.1. The van der Waals surface area contributed by atoms with Crippen molar-refractivity contribution >= 4 is 27.7 Å². The molecule has 1 fully saturated rings. The van der Waals surface area contributed by atoms with Crippen molar-refractivity contribution in [2.45, 2.75) is 19.3 Å². The molecule has 4 nitrogen and oxygen atoms in total. The van der Waals surface area contributed by atoms with Gasteiger partial charge < -0.3 is 4.74 Å². The summed E-state index contributed by atoms with van der Waals surface area (Å²) >= 11 is 3.47. The Hall–Kier alpha value is -0.940. The van der Waals surface area contributed by atoms with E-state index in [0.717, 1.165) is 23.3 Å². The Bertz CT molecular complexity index is 492. The molecule has 0 N–H and O–H groups in total. The van der Waals surface area contributed by atoms with Crippen LogP contribution in [-0.2, 0) is 9.53 Å². The van der Waals surface area contributed by atoms with Crippen molar-refractivity contribution in [3.8, 4) is 0 Å². The number of hydrogen-bond acceptors (Lipinski definition) is 3. The zero-order valence-corrected chi connectivity index (χ0v) is 11.8. The summed E-state index contributed by atoms with van der Waals surface area (Å²) in [5.74, 6) is 1.20. The number of carbonyl (C=O) groups excluding carboxylic acids is 1. The van der Waals surface area contributed by atoms with Gasteiger partial charge in [-0.1, -0.05) is 0 Å². The normalized spacial score (nSPS) is 26.8. The Morgan fingerprint density at radius 2 is 2.39 bits per heavy atom. The molecule has 0 spiro atoms. The molecule has 1 saturated heterocycles. The maximum Gasteiger partial charge on any atom is 0.234 e. The second kappa shape index (κ2) is 4.63. The molecule has 2 aliphatic rings. The van der Waals surface area contributed by atoms with E-state index < -0.39 is 0 Å². The zero-order valence-electron chi connectivity index (χ0n) is 10.2. The lowest BCUT2D eigenvalue weighted by molar-refractivity contribution is -0.128. The monoisotopic (exact) mass is 310 g/mol. The van der Waals surface area contributed by atoms with Gasteiger partial charge in [-0.15, -0.1) is 0 Å². The van der Waals surface area contributed by atoms with Crippen molar-refractivity contribution < 1.29 is 9.53 Å². The Balaban J connectivity index is 2.12. The fourth-order valence-electron chi connectivity index (χ4n) is 2.91. The highest BCUT2D eigenvalue weighted by atomic mass is 79.9. The minimum absolute atomic E-state index is 0.0395. The predicted octanol–water partition coefficient (Wildman–Crippen LogP) is 2.33. The van der Waals surface area contributed by atoms with Gasteiger partial charge in [0, 0.05) is 35.3 Å². The standard InChI is InChI=1S/C13H15BrN2O2/c1-2-16-12-10(5-8(14)6-15-12)9-3-4-18-7-11(9)13(16)17/h5-6,9,11H,2-4,7H2,1H3/t9-,11?/m1/s1. The summed E-state index contributed by atoms with van der Waals surface area (Å²) in [5, 5.41) is 0. The highest BCUT2D eigenvalue weighted by molar-refractivity contribution is 9.10. The summed E-state index contributed by atoms with van der Waals surface area (Å²) in [5.41, 5.74) is 1.18. The fourth-order valence-corrected chi connectivity index (χ4v) is 3.26. The summed E-state index contributed by atoms with van der Waals surface area (Å²) < 4.78 is 6.44.